The lowest BCUT2D eigenvalue weighted by Crippen LogP contribution is -2.44. The number of aromatic amines is 1. The molecule has 1 aliphatic heterocycles. The molecule has 5 heteroatoms. The average molecular weight is 272 g/mol. The number of nitrogens with zero attached hydrogens (tertiary/aromatic N) is 1. The molecule has 1 aromatic carbocycles. The molecule has 1 aliphatic rings. The van der Waals surface area contributed by atoms with Gasteiger partial charge in [-0.1, -0.05) is 0 Å². The SMILES string of the molecule is CC(NC(=O)c1ccc2nc[nH]c2c1)C1CCCNC1. The summed E-state index contributed by atoms with van der Waals surface area (Å²) in [6.45, 7) is 4.17. The largest absolute Gasteiger partial charge is 0.349 e. The summed E-state index contributed by atoms with van der Waals surface area (Å²) < 4.78 is 0. The Morgan fingerprint density at radius 3 is 3.20 bits per heavy atom. The van der Waals surface area contributed by atoms with Gasteiger partial charge in [0.25, 0.3) is 5.91 Å². The summed E-state index contributed by atoms with van der Waals surface area (Å²) >= 11 is 0. The molecule has 2 aromatic rings. The second-order valence-corrected chi connectivity index (χ2v) is 5.50. The van der Waals surface area contributed by atoms with E-state index in [1.165, 1.54) is 12.8 Å². The van der Waals surface area contributed by atoms with Crippen LogP contribution in [0.3, 0.4) is 0 Å². The van der Waals surface area contributed by atoms with Gasteiger partial charge < -0.3 is 15.6 Å². The summed E-state index contributed by atoms with van der Waals surface area (Å²) in [5.74, 6) is 0.503. The molecule has 1 amide bonds. The highest BCUT2D eigenvalue weighted by Crippen LogP contribution is 2.16. The van der Waals surface area contributed by atoms with E-state index in [0.717, 1.165) is 24.1 Å². The Labute approximate surface area is 118 Å². The smallest absolute Gasteiger partial charge is 0.251 e. The molecule has 3 N–H and O–H groups in total. The van der Waals surface area contributed by atoms with Crippen molar-refractivity contribution in [2.45, 2.75) is 25.8 Å². The Morgan fingerprint density at radius 2 is 2.40 bits per heavy atom. The maximum atomic E-state index is 12.3. The number of hydrogen-bond acceptors (Lipinski definition) is 3. The van der Waals surface area contributed by atoms with Gasteiger partial charge >= 0.3 is 0 Å². The molecule has 106 valence electrons. The fourth-order valence-corrected chi connectivity index (χ4v) is 2.79. The lowest BCUT2D eigenvalue weighted by molar-refractivity contribution is 0.0922. The number of aromatic nitrogens is 2. The number of H-pyrrole nitrogens is 1. The van der Waals surface area contributed by atoms with Gasteiger partial charge in [0, 0.05) is 11.6 Å². The van der Waals surface area contributed by atoms with Gasteiger partial charge in [0.1, 0.15) is 0 Å². The Kier molecular flexibility index (Phi) is 3.69. The fraction of sp³-hybridized carbons (Fsp3) is 0.467. The quantitative estimate of drug-likeness (QED) is 0.796. The second-order valence-electron chi connectivity index (χ2n) is 5.50. The number of fused-ring (bicyclic) bond motifs is 1. The van der Waals surface area contributed by atoms with Crippen LogP contribution in [0.1, 0.15) is 30.1 Å². The lowest BCUT2D eigenvalue weighted by Gasteiger charge is -2.28. The van der Waals surface area contributed by atoms with Crippen LogP contribution in [0.4, 0.5) is 0 Å². The monoisotopic (exact) mass is 272 g/mol. The topological polar surface area (TPSA) is 69.8 Å². The van der Waals surface area contributed by atoms with Crippen molar-refractivity contribution in [3.8, 4) is 0 Å². The first-order chi connectivity index (χ1) is 9.74. The predicted octanol–water partition coefficient (Wildman–Crippen LogP) is 1.68. The third-order valence-corrected chi connectivity index (χ3v) is 4.08. The lowest BCUT2D eigenvalue weighted by atomic mass is 9.92. The second kappa shape index (κ2) is 5.63. The summed E-state index contributed by atoms with van der Waals surface area (Å²) in [4.78, 5) is 19.5. The van der Waals surface area contributed by atoms with Crippen molar-refractivity contribution in [3.05, 3.63) is 30.1 Å². The molecule has 5 nitrogen and oxygen atoms in total. The Bertz CT molecular complexity index is 601. The van der Waals surface area contributed by atoms with Crippen LogP contribution in [0.2, 0.25) is 0 Å². The Morgan fingerprint density at radius 1 is 1.50 bits per heavy atom. The van der Waals surface area contributed by atoms with Gasteiger partial charge in [0.05, 0.1) is 17.4 Å². The van der Waals surface area contributed by atoms with Crippen LogP contribution >= 0.6 is 0 Å². The van der Waals surface area contributed by atoms with Gasteiger partial charge in [-0.05, 0) is 57.0 Å². The molecule has 0 saturated carbocycles. The third kappa shape index (κ3) is 2.67. The third-order valence-electron chi connectivity index (χ3n) is 4.08. The predicted molar refractivity (Wildman–Crippen MR) is 78.6 cm³/mol. The minimum atomic E-state index is -0.0143. The van der Waals surface area contributed by atoms with E-state index in [9.17, 15) is 4.79 Å². The first-order valence-electron chi connectivity index (χ1n) is 7.19. The maximum absolute atomic E-state index is 12.3. The summed E-state index contributed by atoms with van der Waals surface area (Å²) in [6, 6.07) is 5.73. The molecule has 0 spiro atoms. The zero-order chi connectivity index (χ0) is 13.9. The van der Waals surface area contributed by atoms with Crippen molar-refractivity contribution >= 4 is 16.9 Å². The summed E-state index contributed by atoms with van der Waals surface area (Å²) in [5, 5.41) is 6.49. The highest BCUT2D eigenvalue weighted by atomic mass is 16.1. The highest BCUT2D eigenvalue weighted by molar-refractivity contribution is 5.97. The molecule has 0 bridgehead atoms. The summed E-state index contributed by atoms with van der Waals surface area (Å²) in [5.41, 5.74) is 2.45. The van der Waals surface area contributed by atoms with E-state index < -0.39 is 0 Å². The van der Waals surface area contributed by atoms with E-state index in [1.54, 1.807) is 6.33 Å². The first kappa shape index (κ1) is 13.1. The molecule has 20 heavy (non-hydrogen) atoms. The van der Waals surface area contributed by atoms with Crippen molar-refractivity contribution in [2.75, 3.05) is 13.1 Å². The van der Waals surface area contributed by atoms with Crippen molar-refractivity contribution in [1.82, 2.24) is 20.6 Å². The van der Waals surface area contributed by atoms with Gasteiger partial charge in [-0.25, -0.2) is 4.98 Å². The molecular weight excluding hydrogens is 252 g/mol. The number of amides is 1. The van der Waals surface area contributed by atoms with E-state index in [1.807, 2.05) is 18.2 Å². The van der Waals surface area contributed by atoms with Crippen LogP contribution in [-0.2, 0) is 0 Å². The molecule has 3 rings (SSSR count). The van der Waals surface area contributed by atoms with Crippen molar-refractivity contribution in [3.63, 3.8) is 0 Å². The number of imidazole rings is 1. The first-order valence-corrected chi connectivity index (χ1v) is 7.19. The molecule has 2 atom stereocenters. The van der Waals surface area contributed by atoms with Crippen molar-refractivity contribution in [1.29, 1.82) is 0 Å². The number of carbonyl (C=O) groups excluding carboxylic acids is 1. The highest BCUT2D eigenvalue weighted by Gasteiger charge is 2.21. The van der Waals surface area contributed by atoms with E-state index in [-0.39, 0.29) is 11.9 Å². The fourth-order valence-electron chi connectivity index (χ4n) is 2.79. The molecule has 1 aromatic heterocycles. The van der Waals surface area contributed by atoms with Gasteiger partial charge in [-0.3, -0.25) is 4.79 Å². The van der Waals surface area contributed by atoms with Crippen LogP contribution in [0, 0.1) is 5.92 Å². The van der Waals surface area contributed by atoms with Crippen molar-refractivity contribution < 1.29 is 4.79 Å². The number of benzene rings is 1. The molecule has 1 saturated heterocycles. The molecule has 0 radical (unpaired) electrons. The zero-order valence-corrected chi connectivity index (χ0v) is 11.6. The molecular formula is C15H20N4O. The standard InChI is InChI=1S/C15H20N4O/c1-10(12-3-2-6-16-8-12)19-15(20)11-4-5-13-14(7-11)18-9-17-13/h4-5,7,9-10,12,16H,2-3,6,8H2,1H3,(H,17,18)(H,19,20). The van der Waals surface area contributed by atoms with Crippen molar-refractivity contribution in [2.24, 2.45) is 5.92 Å². The number of hydrogen-bond donors (Lipinski definition) is 3. The number of piperidine rings is 1. The maximum Gasteiger partial charge on any atom is 0.251 e. The molecule has 2 heterocycles. The van der Waals surface area contributed by atoms with E-state index >= 15 is 0 Å². The van der Waals surface area contributed by atoms with Crippen LogP contribution < -0.4 is 10.6 Å². The normalized spacial score (nSPS) is 20.8. The number of carbonyl (C=O) groups is 1. The van der Waals surface area contributed by atoms with E-state index in [4.69, 9.17) is 0 Å². The van der Waals surface area contributed by atoms with Gasteiger partial charge in [0.15, 0.2) is 0 Å². The van der Waals surface area contributed by atoms with Crippen LogP contribution in [0.25, 0.3) is 11.0 Å². The Hall–Kier alpha value is -1.88. The van der Waals surface area contributed by atoms with E-state index in [2.05, 4.69) is 27.5 Å². The zero-order valence-electron chi connectivity index (χ0n) is 11.6. The number of nitrogens with one attached hydrogen (secondary N) is 3. The van der Waals surface area contributed by atoms with Gasteiger partial charge in [-0.2, -0.15) is 0 Å². The molecule has 1 fully saturated rings. The minimum absolute atomic E-state index is 0.0143. The van der Waals surface area contributed by atoms with Crippen LogP contribution in [0.5, 0.6) is 0 Å². The van der Waals surface area contributed by atoms with Crippen LogP contribution in [-0.4, -0.2) is 35.0 Å². The summed E-state index contributed by atoms with van der Waals surface area (Å²) in [7, 11) is 0. The Balaban J connectivity index is 1.68. The molecule has 2 unspecified atom stereocenters. The number of rotatable bonds is 3. The summed E-state index contributed by atoms with van der Waals surface area (Å²) in [6.07, 6.45) is 4.00. The van der Waals surface area contributed by atoms with E-state index in [0.29, 0.717) is 11.5 Å². The molecule has 0 aliphatic carbocycles. The van der Waals surface area contributed by atoms with Gasteiger partial charge in [-0.15, -0.1) is 0 Å². The van der Waals surface area contributed by atoms with Crippen LogP contribution in [0.15, 0.2) is 24.5 Å². The van der Waals surface area contributed by atoms with Gasteiger partial charge in [0.2, 0.25) is 0 Å². The average Bonchev–Trinajstić information content (AvgIpc) is 2.95. The minimum Gasteiger partial charge on any atom is -0.349 e.